The van der Waals surface area contributed by atoms with Crippen molar-refractivity contribution in [3.8, 4) is 33.7 Å². The highest BCUT2D eigenvalue weighted by molar-refractivity contribution is 5.87. The van der Waals surface area contributed by atoms with Crippen LogP contribution in [-0.4, -0.2) is 22.7 Å². The molecule has 1 saturated carbocycles. The van der Waals surface area contributed by atoms with Crippen molar-refractivity contribution in [2.45, 2.75) is 44.7 Å². The first-order valence-electron chi connectivity index (χ1n) is 14.2. The predicted molar refractivity (Wildman–Crippen MR) is 157 cm³/mol. The molecule has 5 nitrogen and oxygen atoms in total. The van der Waals surface area contributed by atoms with Gasteiger partial charge in [0.05, 0.1) is 29.0 Å². The van der Waals surface area contributed by atoms with Crippen molar-refractivity contribution in [1.29, 1.82) is 0 Å². The van der Waals surface area contributed by atoms with Gasteiger partial charge in [-0.1, -0.05) is 71.9 Å². The Morgan fingerprint density at radius 1 is 0.884 bits per heavy atom. The minimum Gasteiger partial charge on any atom is -0.465 e. The number of benzene rings is 3. The van der Waals surface area contributed by atoms with E-state index in [2.05, 4.69) is 10.1 Å². The average Bonchev–Trinajstić information content (AvgIpc) is 3.76. The summed E-state index contributed by atoms with van der Waals surface area (Å²) in [4.78, 5) is 17.1. The van der Waals surface area contributed by atoms with E-state index in [1.165, 1.54) is 6.07 Å². The third-order valence-corrected chi connectivity index (χ3v) is 7.97. The number of esters is 1. The van der Waals surface area contributed by atoms with Gasteiger partial charge in [-0.25, -0.2) is 0 Å². The quantitative estimate of drug-likeness (QED) is 0.172. The molecule has 0 bridgehead atoms. The summed E-state index contributed by atoms with van der Waals surface area (Å²) in [6, 6.07) is 26.5. The Morgan fingerprint density at radius 2 is 1.53 bits per heavy atom. The Morgan fingerprint density at radius 3 is 2.19 bits per heavy atom. The van der Waals surface area contributed by atoms with E-state index in [4.69, 9.17) is 9.26 Å². The molecule has 0 unspecified atom stereocenters. The highest BCUT2D eigenvalue weighted by Gasteiger charge is 2.52. The molecule has 5 aromatic rings. The second-order valence-electron chi connectivity index (χ2n) is 10.8. The zero-order chi connectivity index (χ0) is 30.2. The molecule has 0 N–H and O–H groups in total. The maximum Gasteiger partial charge on any atom is 0.416 e. The Balaban J connectivity index is 1.21. The second-order valence-corrected chi connectivity index (χ2v) is 10.8. The Kier molecular flexibility index (Phi) is 7.38. The zero-order valence-corrected chi connectivity index (χ0v) is 23.7. The molecule has 218 valence electrons. The lowest BCUT2D eigenvalue weighted by Gasteiger charge is -2.14. The van der Waals surface area contributed by atoms with Crippen molar-refractivity contribution in [2.75, 3.05) is 6.61 Å². The molecule has 3 aromatic carbocycles. The zero-order valence-electron chi connectivity index (χ0n) is 23.7. The van der Waals surface area contributed by atoms with Gasteiger partial charge in [0, 0.05) is 28.8 Å². The number of halogens is 3. The standard InChI is InChI=1S/C35H29F3N2O3/c1-3-42-33(41)34(18-19-34)27-16-14-24(15-17-27)23-10-12-25(13-11-23)32-30(22(2)40-43-32)21-29-8-5-9-31(39-29)26-6-4-7-28(20-26)35(36,37)38/h4-17,20H,3,18-19,21H2,1-2H3. The van der Waals surface area contributed by atoms with Gasteiger partial charge < -0.3 is 9.26 Å². The van der Waals surface area contributed by atoms with Gasteiger partial charge >= 0.3 is 12.1 Å². The van der Waals surface area contributed by atoms with E-state index in [9.17, 15) is 18.0 Å². The van der Waals surface area contributed by atoms with Gasteiger partial charge in [-0.2, -0.15) is 13.2 Å². The van der Waals surface area contributed by atoms with Crippen LogP contribution < -0.4 is 0 Å². The third-order valence-electron chi connectivity index (χ3n) is 7.97. The molecule has 0 atom stereocenters. The molecule has 0 spiro atoms. The first-order chi connectivity index (χ1) is 20.7. The molecule has 1 aliphatic carbocycles. The van der Waals surface area contributed by atoms with Crippen LogP contribution in [0, 0.1) is 6.92 Å². The number of carbonyl (C=O) groups is 1. The molecule has 1 fully saturated rings. The Bertz CT molecular complexity index is 1770. The number of alkyl halides is 3. The first-order valence-corrected chi connectivity index (χ1v) is 14.2. The Hall–Kier alpha value is -4.72. The predicted octanol–water partition coefficient (Wildman–Crippen LogP) is 8.58. The molecule has 6 rings (SSSR count). The maximum atomic E-state index is 13.2. The van der Waals surface area contributed by atoms with Crippen LogP contribution in [0.2, 0.25) is 0 Å². The number of hydrogen-bond donors (Lipinski definition) is 0. The second kappa shape index (κ2) is 11.2. The molecule has 0 amide bonds. The number of carbonyl (C=O) groups excluding carboxylic acids is 1. The Labute approximate surface area is 247 Å². The van der Waals surface area contributed by atoms with E-state index in [0.29, 0.717) is 35.7 Å². The van der Waals surface area contributed by atoms with Gasteiger partial charge in [-0.15, -0.1) is 0 Å². The highest BCUT2D eigenvalue weighted by atomic mass is 19.4. The number of aromatic nitrogens is 2. The molecular weight excluding hydrogens is 553 g/mol. The molecule has 0 aliphatic heterocycles. The summed E-state index contributed by atoms with van der Waals surface area (Å²) < 4.78 is 50.7. The van der Waals surface area contributed by atoms with E-state index >= 15 is 0 Å². The largest absolute Gasteiger partial charge is 0.465 e. The molecule has 0 saturated heterocycles. The van der Waals surface area contributed by atoms with Gasteiger partial charge in [-0.05, 0) is 67.6 Å². The number of aryl methyl sites for hydroxylation is 1. The fourth-order valence-electron chi connectivity index (χ4n) is 5.40. The molecule has 0 radical (unpaired) electrons. The van der Waals surface area contributed by atoms with Crippen LogP contribution in [0.4, 0.5) is 13.2 Å². The van der Waals surface area contributed by atoms with Gasteiger partial charge in [0.25, 0.3) is 0 Å². The molecule has 43 heavy (non-hydrogen) atoms. The van der Waals surface area contributed by atoms with Crippen LogP contribution in [0.25, 0.3) is 33.7 Å². The monoisotopic (exact) mass is 582 g/mol. The molecule has 8 heteroatoms. The topological polar surface area (TPSA) is 65.2 Å². The third kappa shape index (κ3) is 5.69. The van der Waals surface area contributed by atoms with Crippen LogP contribution in [0.15, 0.2) is 95.5 Å². The smallest absolute Gasteiger partial charge is 0.416 e. The van der Waals surface area contributed by atoms with Crippen molar-refractivity contribution in [3.63, 3.8) is 0 Å². The minimum absolute atomic E-state index is 0.150. The van der Waals surface area contributed by atoms with Gasteiger partial charge in [0.1, 0.15) is 0 Å². The fraction of sp³-hybridized carbons (Fsp3) is 0.229. The summed E-state index contributed by atoms with van der Waals surface area (Å²) in [6.45, 7) is 4.06. The number of hydrogen-bond acceptors (Lipinski definition) is 5. The molecular formula is C35H29F3N2O3. The summed E-state index contributed by atoms with van der Waals surface area (Å²) in [7, 11) is 0. The first kappa shape index (κ1) is 28.4. The van der Waals surface area contributed by atoms with Gasteiger partial charge in [0.2, 0.25) is 0 Å². The fourth-order valence-corrected chi connectivity index (χ4v) is 5.40. The van der Waals surface area contributed by atoms with Gasteiger partial charge in [-0.3, -0.25) is 9.78 Å². The highest BCUT2D eigenvalue weighted by Crippen LogP contribution is 2.49. The van der Waals surface area contributed by atoms with Crippen molar-refractivity contribution in [3.05, 3.63) is 119 Å². The van der Waals surface area contributed by atoms with Crippen molar-refractivity contribution >= 4 is 5.97 Å². The van der Waals surface area contributed by atoms with E-state index in [1.807, 2.05) is 68.4 Å². The lowest BCUT2D eigenvalue weighted by Crippen LogP contribution is -2.23. The van der Waals surface area contributed by atoms with E-state index < -0.39 is 17.2 Å². The van der Waals surface area contributed by atoms with E-state index in [1.54, 1.807) is 18.2 Å². The van der Waals surface area contributed by atoms with Crippen LogP contribution in [-0.2, 0) is 27.5 Å². The van der Waals surface area contributed by atoms with Crippen molar-refractivity contribution in [1.82, 2.24) is 10.1 Å². The molecule has 2 heterocycles. The van der Waals surface area contributed by atoms with Crippen molar-refractivity contribution < 1.29 is 27.2 Å². The maximum absolute atomic E-state index is 13.2. The summed E-state index contributed by atoms with van der Waals surface area (Å²) >= 11 is 0. The lowest BCUT2D eigenvalue weighted by molar-refractivity contribution is -0.146. The van der Waals surface area contributed by atoms with E-state index in [0.717, 1.165) is 58.5 Å². The SMILES string of the molecule is CCOC(=O)C1(c2ccc(-c3ccc(-c4onc(C)c4Cc4cccc(-c5cccc(C(F)(F)F)c5)n4)cc3)cc2)CC1. The van der Waals surface area contributed by atoms with Crippen LogP contribution in [0.3, 0.4) is 0 Å². The van der Waals surface area contributed by atoms with Crippen LogP contribution in [0.5, 0.6) is 0 Å². The minimum atomic E-state index is -4.43. The molecule has 2 aromatic heterocycles. The van der Waals surface area contributed by atoms with Gasteiger partial charge in [0.15, 0.2) is 5.76 Å². The summed E-state index contributed by atoms with van der Waals surface area (Å²) in [5.41, 5.74) is 5.80. The number of ether oxygens (including phenoxy) is 1. The summed E-state index contributed by atoms with van der Waals surface area (Å²) in [6.07, 6.45) is -2.40. The normalized spacial score (nSPS) is 14.0. The number of nitrogens with zero attached hydrogens (tertiary/aromatic N) is 2. The summed E-state index contributed by atoms with van der Waals surface area (Å²) in [5.74, 6) is 0.471. The molecule has 1 aliphatic rings. The lowest BCUT2D eigenvalue weighted by atomic mass is 9.93. The number of pyridine rings is 1. The summed E-state index contributed by atoms with van der Waals surface area (Å²) in [5, 5.41) is 4.19. The van der Waals surface area contributed by atoms with Crippen molar-refractivity contribution in [2.24, 2.45) is 0 Å². The van der Waals surface area contributed by atoms with Crippen LogP contribution in [0.1, 0.15) is 47.8 Å². The van der Waals surface area contributed by atoms with Crippen LogP contribution >= 0.6 is 0 Å². The average molecular weight is 583 g/mol. The number of rotatable bonds is 8. The van der Waals surface area contributed by atoms with E-state index in [-0.39, 0.29) is 5.97 Å².